The smallest absolute Gasteiger partial charge is 0.337 e. The van der Waals surface area contributed by atoms with Crippen LogP contribution < -0.4 is 10.9 Å². The maximum atomic E-state index is 13.4. The minimum Gasteiger partial charge on any atom is -0.478 e. The Morgan fingerprint density at radius 2 is 1.78 bits per heavy atom. The van der Waals surface area contributed by atoms with Crippen LogP contribution in [0.25, 0.3) is 21.6 Å². The Kier molecular flexibility index (Phi) is 5.63. The molecule has 0 unspecified atom stereocenters. The van der Waals surface area contributed by atoms with Crippen LogP contribution >= 0.6 is 11.3 Å². The summed E-state index contributed by atoms with van der Waals surface area (Å²) >= 11 is 1.10. The van der Waals surface area contributed by atoms with Crippen molar-refractivity contribution in [2.45, 2.75) is 27.3 Å². The predicted octanol–water partition coefficient (Wildman–Crippen LogP) is 4.39. The van der Waals surface area contributed by atoms with Gasteiger partial charge >= 0.3 is 5.97 Å². The highest BCUT2D eigenvalue weighted by Crippen LogP contribution is 2.26. The van der Waals surface area contributed by atoms with Crippen molar-refractivity contribution in [1.29, 1.82) is 0 Å². The number of nitrogens with zero attached hydrogens (tertiary/aromatic N) is 2. The zero-order valence-electron chi connectivity index (χ0n) is 17.8. The molecule has 0 radical (unpaired) electrons. The van der Waals surface area contributed by atoms with Crippen LogP contribution in [0.5, 0.6) is 0 Å². The SMILES string of the molecule is Cc1cccc(-c2nc3scc(C(=O)O)c3c(=O)n2CC(=O)Nc2c(C)cccc2C)c1. The molecule has 0 atom stereocenters. The molecule has 1 amide bonds. The summed E-state index contributed by atoms with van der Waals surface area (Å²) < 4.78 is 1.25. The Bertz CT molecular complexity index is 1410. The van der Waals surface area contributed by atoms with Gasteiger partial charge in [0.1, 0.15) is 17.2 Å². The van der Waals surface area contributed by atoms with Crippen LogP contribution in [0.1, 0.15) is 27.0 Å². The van der Waals surface area contributed by atoms with Gasteiger partial charge in [-0.2, -0.15) is 0 Å². The molecule has 7 nitrogen and oxygen atoms in total. The van der Waals surface area contributed by atoms with E-state index in [0.29, 0.717) is 21.9 Å². The topological polar surface area (TPSA) is 101 Å². The number of fused-ring (bicyclic) bond motifs is 1. The lowest BCUT2D eigenvalue weighted by Crippen LogP contribution is -2.30. The fourth-order valence-electron chi connectivity index (χ4n) is 3.67. The number of carboxylic acids is 1. The van der Waals surface area contributed by atoms with Crippen LogP contribution in [0, 0.1) is 20.8 Å². The van der Waals surface area contributed by atoms with Crippen LogP contribution in [0.2, 0.25) is 0 Å². The lowest BCUT2D eigenvalue weighted by Gasteiger charge is -2.15. The van der Waals surface area contributed by atoms with Gasteiger partial charge in [0, 0.05) is 16.6 Å². The average molecular weight is 448 g/mol. The fourth-order valence-corrected chi connectivity index (χ4v) is 4.57. The largest absolute Gasteiger partial charge is 0.478 e. The number of anilines is 1. The first kappa shape index (κ1) is 21.5. The number of para-hydroxylation sites is 1. The van der Waals surface area contributed by atoms with Crippen molar-refractivity contribution < 1.29 is 14.7 Å². The van der Waals surface area contributed by atoms with Crippen molar-refractivity contribution in [3.05, 3.63) is 80.5 Å². The van der Waals surface area contributed by atoms with Crippen LogP contribution in [0.4, 0.5) is 5.69 Å². The lowest BCUT2D eigenvalue weighted by atomic mass is 10.1. The Labute approximate surface area is 188 Å². The zero-order valence-corrected chi connectivity index (χ0v) is 18.6. The second kappa shape index (κ2) is 8.39. The number of aromatic carboxylic acids is 1. The highest BCUT2D eigenvalue weighted by Gasteiger charge is 2.22. The number of hydrogen-bond acceptors (Lipinski definition) is 5. The first-order valence-corrected chi connectivity index (χ1v) is 10.8. The number of hydrogen-bond donors (Lipinski definition) is 2. The molecular formula is C24H21N3O4S. The lowest BCUT2D eigenvalue weighted by molar-refractivity contribution is -0.116. The number of benzene rings is 2. The van der Waals surface area contributed by atoms with E-state index >= 15 is 0 Å². The zero-order chi connectivity index (χ0) is 23.0. The highest BCUT2D eigenvalue weighted by atomic mass is 32.1. The Morgan fingerprint density at radius 1 is 1.09 bits per heavy atom. The van der Waals surface area contributed by atoms with Crippen molar-refractivity contribution in [3.8, 4) is 11.4 Å². The van der Waals surface area contributed by atoms with E-state index in [1.54, 1.807) is 0 Å². The van der Waals surface area contributed by atoms with Gasteiger partial charge in [0.2, 0.25) is 5.91 Å². The van der Waals surface area contributed by atoms with Gasteiger partial charge in [0.15, 0.2) is 0 Å². The number of aryl methyl sites for hydroxylation is 3. The van der Waals surface area contributed by atoms with Crippen molar-refractivity contribution in [2.75, 3.05) is 5.32 Å². The molecule has 2 heterocycles. The maximum absolute atomic E-state index is 13.4. The Hall–Kier alpha value is -3.78. The summed E-state index contributed by atoms with van der Waals surface area (Å²) in [6, 6.07) is 13.1. The molecule has 2 aromatic heterocycles. The minimum atomic E-state index is -1.20. The molecule has 2 aromatic carbocycles. The molecule has 0 aliphatic rings. The van der Waals surface area contributed by atoms with Crippen LogP contribution in [-0.2, 0) is 11.3 Å². The van der Waals surface area contributed by atoms with Crippen molar-refractivity contribution in [3.63, 3.8) is 0 Å². The van der Waals surface area contributed by atoms with Crippen LogP contribution in [-0.4, -0.2) is 26.5 Å². The number of nitrogens with one attached hydrogen (secondary N) is 1. The molecule has 0 saturated carbocycles. The van der Waals surface area contributed by atoms with E-state index in [9.17, 15) is 19.5 Å². The summed E-state index contributed by atoms with van der Waals surface area (Å²) in [6.45, 7) is 5.41. The van der Waals surface area contributed by atoms with Crippen LogP contribution in [0.15, 0.2) is 52.6 Å². The molecule has 0 spiro atoms. The predicted molar refractivity (Wildman–Crippen MR) is 126 cm³/mol. The average Bonchev–Trinajstić information content (AvgIpc) is 3.17. The van der Waals surface area contributed by atoms with Gasteiger partial charge in [-0.25, -0.2) is 9.78 Å². The van der Waals surface area contributed by atoms with E-state index in [0.717, 1.165) is 28.0 Å². The molecule has 0 fully saturated rings. The number of rotatable bonds is 5. The molecule has 0 aliphatic heterocycles. The molecule has 4 aromatic rings. The Morgan fingerprint density at radius 3 is 2.44 bits per heavy atom. The number of carbonyl (C=O) groups is 2. The molecule has 2 N–H and O–H groups in total. The van der Waals surface area contributed by atoms with Gasteiger partial charge in [-0.3, -0.25) is 14.2 Å². The number of amides is 1. The monoisotopic (exact) mass is 447 g/mol. The third kappa shape index (κ3) is 3.92. The summed E-state index contributed by atoms with van der Waals surface area (Å²) in [6.07, 6.45) is 0. The standard InChI is InChI=1S/C24H21N3O4S/c1-13-6-4-9-16(10-13)21-26-22-19(17(12-32-22)24(30)31)23(29)27(21)11-18(28)25-20-14(2)7-5-8-15(20)3/h4-10,12H,11H2,1-3H3,(H,25,28)(H,30,31). The van der Waals surface area contributed by atoms with Crippen molar-refractivity contribution in [1.82, 2.24) is 9.55 Å². The van der Waals surface area contributed by atoms with Crippen LogP contribution in [0.3, 0.4) is 0 Å². The maximum Gasteiger partial charge on any atom is 0.337 e. The van der Waals surface area contributed by atoms with Crippen molar-refractivity contribution >= 4 is 39.1 Å². The molecule has 0 aliphatic carbocycles. The van der Waals surface area contributed by atoms with Gasteiger partial charge in [-0.05, 0) is 38.0 Å². The van der Waals surface area contributed by atoms with Gasteiger partial charge in [-0.15, -0.1) is 11.3 Å². The number of carboxylic acid groups (broad SMARTS) is 1. The quantitative estimate of drug-likeness (QED) is 0.473. The molecular weight excluding hydrogens is 426 g/mol. The summed E-state index contributed by atoms with van der Waals surface area (Å²) in [7, 11) is 0. The normalized spacial score (nSPS) is 11.0. The van der Waals surface area contributed by atoms with Crippen molar-refractivity contribution in [2.24, 2.45) is 0 Å². The van der Waals surface area contributed by atoms with E-state index < -0.39 is 17.4 Å². The van der Waals surface area contributed by atoms with E-state index in [1.165, 1.54) is 9.95 Å². The van der Waals surface area contributed by atoms with E-state index in [2.05, 4.69) is 10.3 Å². The molecule has 32 heavy (non-hydrogen) atoms. The molecule has 4 rings (SSSR count). The number of aromatic nitrogens is 2. The first-order valence-electron chi connectivity index (χ1n) is 9.94. The third-order valence-corrected chi connectivity index (χ3v) is 6.12. The second-order valence-electron chi connectivity index (χ2n) is 7.65. The summed E-state index contributed by atoms with van der Waals surface area (Å²) in [5.74, 6) is -1.28. The first-order chi connectivity index (χ1) is 15.3. The molecule has 0 saturated heterocycles. The summed E-state index contributed by atoms with van der Waals surface area (Å²) in [5, 5.41) is 13.8. The van der Waals surface area contributed by atoms with Gasteiger partial charge in [0.05, 0.1) is 10.9 Å². The number of thiophene rings is 1. The van der Waals surface area contributed by atoms with Gasteiger partial charge in [-0.1, -0.05) is 42.0 Å². The van der Waals surface area contributed by atoms with Gasteiger partial charge < -0.3 is 10.4 Å². The minimum absolute atomic E-state index is 0.0128. The highest BCUT2D eigenvalue weighted by molar-refractivity contribution is 7.17. The van der Waals surface area contributed by atoms with E-state index in [-0.39, 0.29) is 17.5 Å². The third-order valence-electron chi connectivity index (χ3n) is 5.25. The van der Waals surface area contributed by atoms with Gasteiger partial charge in [0.25, 0.3) is 5.56 Å². The summed E-state index contributed by atoms with van der Waals surface area (Å²) in [4.78, 5) is 42.9. The molecule has 8 heteroatoms. The fraction of sp³-hybridized carbons (Fsp3) is 0.167. The second-order valence-corrected chi connectivity index (χ2v) is 8.50. The molecule has 162 valence electrons. The van der Waals surface area contributed by atoms with E-state index in [4.69, 9.17) is 0 Å². The van der Waals surface area contributed by atoms with E-state index in [1.807, 2.05) is 63.2 Å². The Balaban J connectivity index is 1.86. The number of carbonyl (C=O) groups excluding carboxylic acids is 1. The summed E-state index contributed by atoms with van der Waals surface area (Å²) in [5.41, 5.74) is 3.49. The molecule has 0 bridgehead atoms.